The fraction of sp³-hybridized carbons (Fsp3) is 0.143. The minimum absolute atomic E-state index is 0.0609. The van der Waals surface area contributed by atoms with E-state index in [-0.39, 0.29) is 5.56 Å². The second kappa shape index (κ2) is 5.87. The van der Waals surface area contributed by atoms with E-state index in [1.54, 1.807) is 25.2 Å². The molecule has 2 aromatic carbocycles. The molecule has 0 bridgehead atoms. The van der Waals surface area contributed by atoms with Gasteiger partial charge in [0, 0.05) is 15.6 Å². The van der Waals surface area contributed by atoms with Gasteiger partial charge in [-0.15, -0.1) is 0 Å². The number of halogens is 4. The lowest BCUT2D eigenvalue weighted by atomic mass is 9.98. The van der Waals surface area contributed by atoms with Gasteiger partial charge in [0.25, 0.3) is 0 Å². The Balaban J connectivity index is 2.56. The molecule has 0 radical (unpaired) electrons. The van der Waals surface area contributed by atoms with Crippen molar-refractivity contribution in [1.29, 1.82) is 0 Å². The largest absolute Gasteiger partial charge is 0.309 e. The molecule has 1 atom stereocenters. The van der Waals surface area contributed by atoms with Crippen LogP contribution in [0.5, 0.6) is 0 Å². The summed E-state index contributed by atoms with van der Waals surface area (Å²) in [6, 6.07) is 7.90. The maximum atomic E-state index is 13.8. The van der Waals surface area contributed by atoms with Crippen molar-refractivity contribution in [1.82, 2.24) is 5.32 Å². The van der Waals surface area contributed by atoms with Crippen LogP contribution in [-0.2, 0) is 0 Å². The van der Waals surface area contributed by atoms with Gasteiger partial charge < -0.3 is 5.32 Å². The van der Waals surface area contributed by atoms with Crippen molar-refractivity contribution in [3.8, 4) is 0 Å². The van der Waals surface area contributed by atoms with Crippen molar-refractivity contribution in [2.24, 2.45) is 0 Å². The monoisotopic (exact) mass is 301 g/mol. The Labute approximate surface area is 120 Å². The van der Waals surface area contributed by atoms with E-state index in [4.69, 9.17) is 23.2 Å². The first kappa shape index (κ1) is 14.3. The Morgan fingerprint density at radius 1 is 1.05 bits per heavy atom. The lowest BCUT2D eigenvalue weighted by Gasteiger charge is -2.20. The topological polar surface area (TPSA) is 12.0 Å². The van der Waals surface area contributed by atoms with Gasteiger partial charge in [-0.3, -0.25) is 0 Å². The van der Waals surface area contributed by atoms with Gasteiger partial charge >= 0.3 is 0 Å². The van der Waals surface area contributed by atoms with Crippen LogP contribution in [0.15, 0.2) is 36.4 Å². The van der Waals surface area contributed by atoms with Crippen LogP contribution < -0.4 is 5.32 Å². The third-order valence-electron chi connectivity index (χ3n) is 2.85. The Morgan fingerprint density at radius 3 is 2.21 bits per heavy atom. The van der Waals surface area contributed by atoms with Gasteiger partial charge in [-0.1, -0.05) is 35.3 Å². The van der Waals surface area contributed by atoms with Gasteiger partial charge in [-0.2, -0.15) is 0 Å². The predicted molar refractivity (Wildman–Crippen MR) is 73.7 cm³/mol. The number of hydrogen-bond donors (Lipinski definition) is 1. The second-order valence-corrected chi connectivity index (χ2v) is 4.87. The van der Waals surface area contributed by atoms with E-state index in [1.165, 1.54) is 18.2 Å². The van der Waals surface area contributed by atoms with Crippen molar-refractivity contribution in [3.63, 3.8) is 0 Å². The van der Waals surface area contributed by atoms with Crippen molar-refractivity contribution in [2.45, 2.75) is 6.04 Å². The first-order valence-corrected chi connectivity index (χ1v) is 6.36. The second-order valence-electron chi connectivity index (χ2n) is 4.02. The van der Waals surface area contributed by atoms with Crippen molar-refractivity contribution in [2.75, 3.05) is 7.05 Å². The minimum Gasteiger partial charge on any atom is -0.309 e. The van der Waals surface area contributed by atoms with Crippen LogP contribution in [0, 0.1) is 11.6 Å². The zero-order valence-corrected chi connectivity index (χ0v) is 11.6. The van der Waals surface area contributed by atoms with E-state index >= 15 is 0 Å². The SMILES string of the molecule is CNC(c1ccc(Cl)cc1Cl)c1c(F)cccc1F. The summed E-state index contributed by atoms with van der Waals surface area (Å²) in [6.45, 7) is 0. The fourth-order valence-corrected chi connectivity index (χ4v) is 2.50. The molecule has 19 heavy (non-hydrogen) atoms. The normalized spacial score (nSPS) is 12.5. The van der Waals surface area contributed by atoms with E-state index in [9.17, 15) is 8.78 Å². The van der Waals surface area contributed by atoms with E-state index < -0.39 is 17.7 Å². The maximum absolute atomic E-state index is 13.8. The van der Waals surface area contributed by atoms with Crippen LogP contribution in [0.2, 0.25) is 10.0 Å². The molecule has 0 aliphatic rings. The molecule has 0 fully saturated rings. The average Bonchev–Trinajstić information content (AvgIpc) is 2.35. The molecule has 5 heteroatoms. The zero-order valence-electron chi connectivity index (χ0n) is 10.1. The Kier molecular flexibility index (Phi) is 4.40. The molecule has 0 aliphatic carbocycles. The van der Waals surface area contributed by atoms with Crippen molar-refractivity contribution < 1.29 is 8.78 Å². The number of rotatable bonds is 3. The summed E-state index contributed by atoms with van der Waals surface area (Å²) in [5, 5.41) is 3.70. The van der Waals surface area contributed by atoms with E-state index in [0.29, 0.717) is 15.6 Å². The Morgan fingerprint density at radius 2 is 1.68 bits per heavy atom. The number of benzene rings is 2. The van der Waals surface area contributed by atoms with E-state index in [1.807, 2.05) is 0 Å². The average molecular weight is 302 g/mol. The van der Waals surface area contributed by atoms with Gasteiger partial charge in [-0.25, -0.2) is 8.78 Å². The van der Waals surface area contributed by atoms with Gasteiger partial charge in [0.15, 0.2) is 0 Å². The minimum atomic E-state index is -0.675. The third kappa shape index (κ3) is 2.89. The van der Waals surface area contributed by atoms with Crippen LogP contribution in [0.4, 0.5) is 8.78 Å². The summed E-state index contributed by atoms with van der Waals surface area (Å²) in [4.78, 5) is 0. The van der Waals surface area contributed by atoms with Gasteiger partial charge in [-0.05, 0) is 36.9 Å². The Bertz CT molecular complexity index is 582. The standard InChI is InChI=1S/C14H11Cl2F2N/c1-19-14(9-6-5-8(15)7-10(9)16)13-11(17)3-2-4-12(13)18/h2-7,14,19H,1H3. The Hall–Kier alpha value is -1.16. The summed E-state index contributed by atoms with van der Waals surface area (Å²) in [5.74, 6) is -1.24. The predicted octanol–water partition coefficient (Wildman–Crippen LogP) is 4.58. The molecule has 2 rings (SSSR count). The molecule has 0 heterocycles. The zero-order chi connectivity index (χ0) is 14.0. The molecule has 0 saturated heterocycles. The molecule has 0 aromatic heterocycles. The smallest absolute Gasteiger partial charge is 0.131 e. The van der Waals surface area contributed by atoms with Crippen LogP contribution in [0.3, 0.4) is 0 Å². The summed E-state index contributed by atoms with van der Waals surface area (Å²) in [6.07, 6.45) is 0. The first-order valence-electron chi connectivity index (χ1n) is 5.60. The van der Waals surface area contributed by atoms with Crippen molar-refractivity contribution in [3.05, 3.63) is 69.2 Å². The molecule has 100 valence electrons. The summed E-state index contributed by atoms with van der Waals surface area (Å²) >= 11 is 11.9. The third-order valence-corrected chi connectivity index (χ3v) is 3.41. The molecule has 0 aliphatic heterocycles. The highest BCUT2D eigenvalue weighted by molar-refractivity contribution is 6.35. The molecule has 1 nitrogen and oxygen atoms in total. The molecular weight excluding hydrogens is 291 g/mol. The summed E-state index contributed by atoms with van der Waals surface area (Å²) in [7, 11) is 1.61. The number of hydrogen-bond acceptors (Lipinski definition) is 1. The molecule has 1 unspecified atom stereocenters. The van der Waals surface area contributed by atoms with Crippen LogP contribution in [0.1, 0.15) is 17.2 Å². The summed E-state index contributed by atoms with van der Waals surface area (Å²) in [5.41, 5.74) is 0.506. The first-order chi connectivity index (χ1) is 9.04. The number of nitrogens with one attached hydrogen (secondary N) is 1. The fourth-order valence-electron chi connectivity index (χ4n) is 1.98. The van der Waals surface area contributed by atoms with Gasteiger partial charge in [0.1, 0.15) is 11.6 Å². The quantitative estimate of drug-likeness (QED) is 0.875. The van der Waals surface area contributed by atoms with Crippen LogP contribution in [-0.4, -0.2) is 7.05 Å². The van der Waals surface area contributed by atoms with Crippen molar-refractivity contribution >= 4 is 23.2 Å². The highest BCUT2D eigenvalue weighted by Crippen LogP contribution is 2.32. The highest BCUT2D eigenvalue weighted by Gasteiger charge is 2.22. The van der Waals surface area contributed by atoms with E-state index in [0.717, 1.165) is 0 Å². The van der Waals surface area contributed by atoms with Crippen LogP contribution >= 0.6 is 23.2 Å². The van der Waals surface area contributed by atoms with Crippen LogP contribution in [0.25, 0.3) is 0 Å². The molecule has 2 aromatic rings. The van der Waals surface area contributed by atoms with Gasteiger partial charge in [0.2, 0.25) is 0 Å². The maximum Gasteiger partial charge on any atom is 0.131 e. The highest BCUT2D eigenvalue weighted by atomic mass is 35.5. The molecule has 0 spiro atoms. The molecule has 0 amide bonds. The molecule has 1 N–H and O–H groups in total. The molecular formula is C14H11Cl2F2N. The summed E-state index contributed by atoms with van der Waals surface area (Å²) < 4.78 is 27.7. The lowest BCUT2D eigenvalue weighted by molar-refractivity contribution is 0.522. The molecule has 0 saturated carbocycles. The lowest BCUT2D eigenvalue weighted by Crippen LogP contribution is -2.20. The van der Waals surface area contributed by atoms with Gasteiger partial charge in [0.05, 0.1) is 6.04 Å². The van der Waals surface area contributed by atoms with E-state index in [2.05, 4.69) is 5.32 Å².